The number of anilines is 2. The van der Waals surface area contributed by atoms with Crippen LogP contribution < -0.4 is 11.1 Å². The van der Waals surface area contributed by atoms with Crippen LogP contribution in [0.25, 0.3) is 0 Å². The molecule has 0 aromatic carbocycles. The van der Waals surface area contributed by atoms with Crippen molar-refractivity contribution < 1.29 is 4.79 Å². The molecule has 0 aliphatic heterocycles. The van der Waals surface area contributed by atoms with Crippen molar-refractivity contribution in [3.05, 3.63) is 23.0 Å². The van der Waals surface area contributed by atoms with Crippen LogP contribution >= 0.6 is 11.6 Å². The molecule has 0 atom stereocenters. The zero-order valence-corrected chi connectivity index (χ0v) is 9.51. The third-order valence-corrected chi connectivity index (χ3v) is 2.09. The smallest absolute Gasteiger partial charge is 0.270 e. The third-order valence-electron chi connectivity index (χ3n) is 1.88. The number of halogens is 1. The number of nitrogens with one attached hydrogen (secondary N) is 1. The summed E-state index contributed by atoms with van der Waals surface area (Å²) in [6.07, 6.45) is 1.31. The number of pyridine rings is 1. The van der Waals surface area contributed by atoms with Gasteiger partial charge in [0.25, 0.3) is 11.9 Å². The highest BCUT2D eigenvalue weighted by molar-refractivity contribution is 6.30. The average molecular weight is 254 g/mol. The second-order valence-corrected chi connectivity index (χ2v) is 3.54. The quantitative estimate of drug-likeness (QED) is 0.734. The Kier molecular flexibility index (Phi) is 2.88. The summed E-state index contributed by atoms with van der Waals surface area (Å²) in [6, 6.07) is 1.36. The molecule has 3 N–H and O–H groups in total. The molecule has 0 spiro atoms. The molecule has 2 rings (SSSR count). The number of carbonyl (C=O) groups excluding carboxylic acids is 1. The molecule has 17 heavy (non-hydrogen) atoms. The molecular formula is C8H8ClN7O. The standard InChI is InChI=1S/C8H8ClN7O/c1-16-14-8(13-15-16)12-7(17)4-2-6(9)11-3-5(4)10/h2-3H,10H2,1H3,(H,12,14,17). The van der Waals surface area contributed by atoms with Gasteiger partial charge >= 0.3 is 0 Å². The predicted molar refractivity (Wildman–Crippen MR) is 60.4 cm³/mol. The summed E-state index contributed by atoms with van der Waals surface area (Å²) in [4.78, 5) is 16.8. The summed E-state index contributed by atoms with van der Waals surface area (Å²) in [5.41, 5.74) is 6.03. The van der Waals surface area contributed by atoms with Crippen molar-refractivity contribution in [1.29, 1.82) is 0 Å². The van der Waals surface area contributed by atoms with Gasteiger partial charge in [-0.25, -0.2) is 4.98 Å². The maximum atomic E-state index is 11.8. The van der Waals surface area contributed by atoms with Gasteiger partial charge in [-0.1, -0.05) is 16.7 Å². The topological polar surface area (TPSA) is 112 Å². The molecule has 2 aromatic rings. The van der Waals surface area contributed by atoms with E-state index in [0.29, 0.717) is 0 Å². The van der Waals surface area contributed by atoms with Gasteiger partial charge in [0.05, 0.1) is 24.5 Å². The number of nitrogens with zero attached hydrogens (tertiary/aromatic N) is 5. The Labute approximate surface area is 101 Å². The van der Waals surface area contributed by atoms with Crippen LogP contribution in [0.4, 0.5) is 11.6 Å². The van der Waals surface area contributed by atoms with E-state index in [1.165, 1.54) is 17.1 Å². The first-order chi connectivity index (χ1) is 8.06. The van der Waals surface area contributed by atoms with Gasteiger partial charge in [-0.05, 0) is 11.3 Å². The zero-order chi connectivity index (χ0) is 12.4. The molecule has 0 saturated carbocycles. The van der Waals surface area contributed by atoms with Crippen LogP contribution in [0.1, 0.15) is 10.4 Å². The lowest BCUT2D eigenvalue weighted by molar-refractivity contribution is 0.102. The highest BCUT2D eigenvalue weighted by Gasteiger charge is 2.13. The Morgan fingerprint density at radius 2 is 2.35 bits per heavy atom. The van der Waals surface area contributed by atoms with E-state index < -0.39 is 5.91 Å². The summed E-state index contributed by atoms with van der Waals surface area (Å²) in [5.74, 6) is -0.385. The molecule has 0 bridgehead atoms. The first-order valence-corrected chi connectivity index (χ1v) is 4.90. The molecule has 0 aliphatic carbocycles. The fourth-order valence-corrected chi connectivity index (χ4v) is 1.30. The number of nitrogens with two attached hydrogens (primary N) is 1. The van der Waals surface area contributed by atoms with Crippen molar-refractivity contribution in [2.75, 3.05) is 11.1 Å². The van der Waals surface area contributed by atoms with Gasteiger partial charge in [0.1, 0.15) is 5.15 Å². The Morgan fingerprint density at radius 3 is 3.00 bits per heavy atom. The van der Waals surface area contributed by atoms with Crippen LogP contribution in [-0.2, 0) is 7.05 Å². The van der Waals surface area contributed by atoms with E-state index in [1.807, 2.05) is 0 Å². The molecule has 9 heteroatoms. The highest BCUT2D eigenvalue weighted by atomic mass is 35.5. The van der Waals surface area contributed by atoms with Gasteiger partial charge in [0, 0.05) is 0 Å². The molecule has 0 radical (unpaired) electrons. The molecule has 0 fully saturated rings. The van der Waals surface area contributed by atoms with Crippen LogP contribution in [0, 0.1) is 0 Å². The van der Waals surface area contributed by atoms with Gasteiger partial charge in [0.15, 0.2) is 0 Å². The van der Waals surface area contributed by atoms with Crippen molar-refractivity contribution in [3.8, 4) is 0 Å². The van der Waals surface area contributed by atoms with Gasteiger partial charge in [-0.2, -0.15) is 4.80 Å². The minimum atomic E-state index is -0.472. The number of aromatic nitrogens is 5. The molecule has 88 valence electrons. The molecule has 1 amide bonds. The van der Waals surface area contributed by atoms with Crippen molar-refractivity contribution in [1.82, 2.24) is 25.2 Å². The van der Waals surface area contributed by atoms with Crippen molar-refractivity contribution in [2.24, 2.45) is 7.05 Å². The largest absolute Gasteiger partial charge is 0.397 e. The van der Waals surface area contributed by atoms with E-state index >= 15 is 0 Å². The van der Waals surface area contributed by atoms with Crippen LogP contribution in [-0.4, -0.2) is 31.1 Å². The van der Waals surface area contributed by atoms with Crippen LogP contribution in [0.2, 0.25) is 5.15 Å². The highest BCUT2D eigenvalue weighted by Crippen LogP contribution is 2.15. The van der Waals surface area contributed by atoms with E-state index in [1.54, 1.807) is 7.05 Å². The van der Waals surface area contributed by atoms with Crippen LogP contribution in [0.15, 0.2) is 12.3 Å². The van der Waals surface area contributed by atoms with E-state index in [9.17, 15) is 4.79 Å². The third kappa shape index (κ3) is 2.48. The van der Waals surface area contributed by atoms with E-state index in [2.05, 4.69) is 25.7 Å². The van der Waals surface area contributed by atoms with Gasteiger partial charge in [0.2, 0.25) is 0 Å². The summed E-state index contributed by atoms with van der Waals surface area (Å²) in [7, 11) is 1.58. The fraction of sp³-hybridized carbons (Fsp3) is 0.125. The minimum Gasteiger partial charge on any atom is -0.397 e. The van der Waals surface area contributed by atoms with E-state index in [4.69, 9.17) is 17.3 Å². The van der Waals surface area contributed by atoms with Crippen LogP contribution in [0.3, 0.4) is 0 Å². The summed E-state index contributed by atoms with van der Waals surface area (Å²) in [5, 5.41) is 13.6. The molecule has 2 heterocycles. The normalized spacial score (nSPS) is 10.2. The number of nitrogen functional groups attached to an aromatic ring is 1. The van der Waals surface area contributed by atoms with E-state index in [-0.39, 0.29) is 22.4 Å². The number of hydrogen-bond acceptors (Lipinski definition) is 6. The molecule has 8 nitrogen and oxygen atoms in total. The summed E-state index contributed by atoms with van der Waals surface area (Å²) >= 11 is 5.67. The number of hydrogen-bond donors (Lipinski definition) is 2. The van der Waals surface area contributed by atoms with Crippen molar-refractivity contribution in [3.63, 3.8) is 0 Å². The molecule has 2 aromatic heterocycles. The van der Waals surface area contributed by atoms with Gasteiger partial charge in [-0.15, -0.1) is 5.10 Å². The average Bonchev–Trinajstić information content (AvgIpc) is 2.67. The second kappa shape index (κ2) is 4.34. The number of tetrazole rings is 1. The first-order valence-electron chi connectivity index (χ1n) is 4.52. The Hall–Kier alpha value is -2.22. The second-order valence-electron chi connectivity index (χ2n) is 3.15. The van der Waals surface area contributed by atoms with Crippen LogP contribution in [0.5, 0.6) is 0 Å². The zero-order valence-electron chi connectivity index (χ0n) is 8.75. The molecule has 0 unspecified atom stereocenters. The maximum Gasteiger partial charge on any atom is 0.270 e. The molecule has 0 aliphatic rings. The molecule has 0 saturated heterocycles. The summed E-state index contributed by atoms with van der Waals surface area (Å²) in [6.45, 7) is 0. The van der Waals surface area contributed by atoms with Crippen molar-refractivity contribution >= 4 is 29.1 Å². The lowest BCUT2D eigenvalue weighted by Crippen LogP contribution is -2.15. The summed E-state index contributed by atoms with van der Waals surface area (Å²) < 4.78 is 0. The molecular weight excluding hydrogens is 246 g/mol. The number of amides is 1. The minimum absolute atomic E-state index is 0.0878. The Morgan fingerprint density at radius 1 is 1.59 bits per heavy atom. The number of aryl methyl sites for hydroxylation is 1. The Bertz CT molecular complexity index is 567. The maximum absolute atomic E-state index is 11.8. The SMILES string of the molecule is Cn1nnc(NC(=O)c2cc(Cl)ncc2N)n1. The number of carbonyl (C=O) groups is 1. The predicted octanol–water partition coefficient (Wildman–Crippen LogP) is 0.0930. The van der Waals surface area contributed by atoms with E-state index in [0.717, 1.165) is 0 Å². The lowest BCUT2D eigenvalue weighted by Gasteiger charge is -2.03. The Balaban J connectivity index is 2.22. The van der Waals surface area contributed by atoms with Gasteiger partial charge < -0.3 is 5.73 Å². The first kappa shape index (κ1) is 11.3. The van der Waals surface area contributed by atoms with Crippen molar-refractivity contribution in [2.45, 2.75) is 0 Å². The van der Waals surface area contributed by atoms with Gasteiger partial charge in [-0.3, -0.25) is 10.1 Å². The lowest BCUT2D eigenvalue weighted by atomic mass is 10.2. The fourth-order valence-electron chi connectivity index (χ4n) is 1.14. The number of rotatable bonds is 2. The monoisotopic (exact) mass is 253 g/mol.